The minimum atomic E-state index is -0.912. The lowest BCUT2D eigenvalue weighted by Gasteiger charge is -2.18. The molecule has 4 nitrogen and oxygen atoms in total. The Balaban J connectivity index is 1.93. The quantitative estimate of drug-likeness (QED) is 0.503. The highest BCUT2D eigenvalue weighted by atomic mass is 35.5. The number of rotatable bonds is 4. The SMILES string of the molecule is OC(c1cccnc1)c1c(-c2ccco2)ccn1-c1ccc(Cl)cc1Cl. The van der Waals surface area contributed by atoms with E-state index in [1.54, 1.807) is 36.9 Å². The van der Waals surface area contributed by atoms with Crippen molar-refractivity contribution < 1.29 is 9.52 Å². The van der Waals surface area contributed by atoms with Crippen molar-refractivity contribution in [2.24, 2.45) is 0 Å². The summed E-state index contributed by atoms with van der Waals surface area (Å²) < 4.78 is 7.39. The molecule has 1 N–H and O–H groups in total. The second-order valence-corrected chi connectivity index (χ2v) is 6.59. The number of aliphatic hydroxyl groups is 1. The van der Waals surface area contributed by atoms with Gasteiger partial charge in [0.2, 0.25) is 0 Å². The molecule has 0 aliphatic heterocycles. The normalized spacial score (nSPS) is 12.3. The van der Waals surface area contributed by atoms with Crippen LogP contribution in [0.3, 0.4) is 0 Å². The van der Waals surface area contributed by atoms with Crippen LogP contribution in [-0.2, 0) is 0 Å². The summed E-state index contributed by atoms with van der Waals surface area (Å²) in [6, 6.07) is 14.4. The summed E-state index contributed by atoms with van der Waals surface area (Å²) in [6.07, 6.45) is 5.84. The summed E-state index contributed by atoms with van der Waals surface area (Å²) in [5, 5.41) is 12.1. The van der Waals surface area contributed by atoms with E-state index in [1.807, 2.05) is 41.1 Å². The van der Waals surface area contributed by atoms with E-state index in [2.05, 4.69) is 4.98 Å². The molecule has 0 saturated carbocycles. The van der Waals surface area contributed by atoms with Crippen LogP contribution in [0.5, 0.6) is 0 Å². The fourth-order valence-electron chi connectivity index (χ4n) is 2.95. The first-order valence-corrected chi connectivity index (χ1v) is 8.69. The molecule has 130 valence electrons. The van der Waals surface area contributed by atoms with Crippen LogP contribution in [0.4, 0.5) is 0 Å². The number of hydrogen-bond acceptors (Lipinski definition) is 3. The van der Waals surface area contributed by atoms with Gasteiger partial charge >= 0.3 is 0 Å². The van der Waals surface area contributed by atoms with Gasteiger partial charge in [-0.25, -0.2) is 0 Å². The molecular formula is C20H14Cl2N2O2. The Kier molecular flexibility index (Phi) is 4.55. The molecular weight excluding hydrogens is 371 g/mol. The molecule has 6 heteroatoms. The van der Waals surface area contributed by atoms with Crippen molar-refractivity contribution in [3.05, 3.63) is 94.7 Å². The maximum Gasteiger partial charge on any atom is 0.135 e. The Morgan fingerprint density at radius 2 is 1.96 bits per heavy atom. The lowest BCUT2D eigenvalue weighted by molar-refractivity contribution is 0.213. The summed E-state index contributed by atoms with van der Waals surface area (Å²) in [7, 11) is 0. The van der Waals surface area contributed by atoms with Crippen LogP contribution in [0.25, 0.3) is 17.0 Å². The fourth-order valence-corrected chi connectivity index (χ4v) is 3.45. The van der Waals surface area contributed by atoms with Crippen LogP contribution in [0.15, 0.2) is 77.8 Å². The van der Waals surface area contributed by atoms with Gasteiger partial charge in [-0.3, -0.25) is 4.98 Å². The van der Waals surface area contributed by atoms with Gasteiger partial charge in [-0.05, 0) is 42.5 Å². The first-order valence-electron chi connectivity index (χ1n) is 7.93. The summed E-state index contributed by atoms with van der Waals surface area (Å²) in [6.45, 7) is 0. The molecule has 1 aromatic carbocycles. The van der Waals surface area contributed by atoms with Crippen molar-refractivity contribution in [3.8, 4) is 17.0 Å². The van der Waals surface area contributed by atoms with E-state index in [-0.39, 0.29) is 0 Å². The minimum absolute atomic E-state index is 0.485. The number of pyridine rings is 1. The number of aliphatic hydroxyl groups excluding tert-OH is 1. The molecule has 0 saturated heterocycles. The number of nitrogens with zero attached hydrogens (tertiary/aromatic N) is 2. The zero-order valence-electron chi connectivity index (χ0n) is 13.5. The number of furan rings is 1. The first-order chi connectivity index (χ1) is 12.6. The first kappa shape index (κ1) is 16.9. The predicted molar refractivity (Wildman–Crippen MR) is 102 cm³/mol. The van der Waals surface area contributed by atoms with Crippen LogP contribution in [0, 0.1) is 0 Å². The molecule has 3 heterocycles. The van der Waals surface area contributed by atoms with Crippen molar-refractivity contribution in [3.63, 3.8) is 0 Å². The largest absolute Gasteiger partial charge is 0.464 e. The van der Waals surface area contributed by atoms with E-state index < -0.39 is 6.10 Å². The van der Waals surface area contributed by atoms with E-state index >= 15 is 0 Å². The molecule has 3 aromatic heterocycles. The highest BCUT2D eigenvalue weighted by molar-refractivity contribution is 6.35. The van der Waals surface area contributed by atoms with E-state index in [1.165, 1.54) is 0 Å². The smallest absolute Gasteiger partial charge is 0.135 e. The average Bonchev–Trinajstić information content (AvgIpc) is 3.31. The summed E-state index contributed by atoms with van der Waals surface area (Å²) in [5.74, 6) is 0.659. The Hall–Kier alpha value is -2.53. The van der Waals surface area contributed by atoms with Crippen LogP contribution in [-0.4, -0.2) is 14.7 Å². The van der Waals surface area contributed by atoms with Gasteiger partial charge in [-0.2, -0.15) is 0 Å². The lowest BCUT2D eigenvalue weighted by atomic mass is 10.0. The van der Waals surface area contributed by atoms with Gasteiger partial charge < -0.3 is 14.1 Å². The van der Waals surface area contributed by atoms with Crippen molar-refractivity contribution in [2.75, 3.05) is 0 Å². The topological polar surface area (TPSA) is 51.2 Å². The maximum atomic E-state index is 11.1. The second-order valence-electron chi connectivity index (χ2n) is 5.75. The third kappa shape index (κ3) is 3.03. The summed E-state index contributed by atoms with van der Waals surface area (Å²) in [5.41, 5.74) is 2.80. The van der Waals surface area contributed by atoms with Crippen LogP contribution in [0.1, 0.15) is 17.4 Å². The van der Waals surface area contributed by atoms with Crippen LogP contribution in [0.2, 0.25) is 10.0 Å². The van der Waals surface area contributed by atoms with Gasteiger partial charge in [0.1, 0.15) is 11.9 Å². The van der Waals surface area contributed by atoms with Gasteiger partial charge in [-0.1, -0.05) is 29.3 Å². The number of benzene rings is 1. The molecule has 0 aliphatic rings. The molecule has 0 bridgehead atoms. The summed E-state index contributed by atoms with van der Waals surface area (Å²) >= 11 is 12.4. The van der Waals surface area contributed by atoms with E-state index in [9.17, 15) is 5.11 Å². The van der Waals surface area contributed by atoms with Crippen LogP contribution < -0.4 is 0 Å². The van der Waals surface area contributed by atoms with Gasteiger partial charge in [0, 0.05) is 34.7 Å². The zero-order chi connectivity index (χ0) is 18.1. The van der Waals surface area contributed by atoms with Crippen molar-refractivity contribution in [2.45, 2.75) is 6.10 Å². The number of halogens is 2. The van der Waals surface area contributed by atoms with Crippen molar-refractivity contribution in [1.29, 1.82) is 0 Å². The molecule has 0 fully saturated rings. The minimum Gasteiger partial charge on any atom is -0.464 e. The Bertz CT molecular complexity index is 1030. The standard InChI is InChI=1S/C20H14Cl2N2O2/c21-14-5-6-17(16(22)11-14)24-9-7-15(18-4-2-10-26-18)19(24)20(25)13-3-1-8-23-12-13/h1-12,20,25H. The maximum absolute atomic E-state index is 11.1. The Morgan fingerprint density at radius 3 is 2.65 bits per heavy atom. The molecule has 4 rings (SSSR count). The monoisotopic (exact) mass is 384 g/mol. The predicted octanol–water partition coefficient (Wildman–Crippen LogP) is 5.52. The van der Waals surface area contributed by atoms with Gasteiger partial charge in [0.15, 0.2) is 0 Å². The van der Waals surface area contributed by atoms with Crippen molar-refractivity contribution >= 4 is 23.2 Å². The van der Waals surface area contributed by atoms with E-state index in [0.717, 1.165) is 5.56 Å². The lowest BCUT2D eigenvalue weighted by Crippen LogP contribution is -2.09. The Morgan fingerprint density at radius 1 is 1.08 bits per heavy atom. The molecule has 1 unspecified atom stereocenters. The third-order valence-corrected chi connectivity index (χ3v) is 4.68. The van der Waals surface area contributed by atoms with E-state index in [0.29, 0.717) is 32.8 Å². The van der Waals surface area contributed by atoms with Gasteiger partial charge in [0.25, 0.3) is 0 Å². The fraction of sp³-hybridized carbons (Fsp3) is 0.0500. The second kappa shape index (κ2) is 7.00. The Labute approximate surface area is 160 Å². The molecule has 0 radical (unpaired) electrons. The van der Waals surface area contributed by atoms with E-state index in [4.69, 9.17) is 27.6 Å². The number of hydrogen-bond donors (Lipinski definition) is 1. The molecule has 0 aliphatic carbocycles. The average molecular weight is 385 g/mol. The highest BCUT2D eigenvalue weighted by Crippen LogP contribution is 2.36. The molecule has 0 spiro atoms. The molecule has 4 aromatic rings. The molecule has 0 amide bonds. The zero-order valence-corrected chi connectivity index (χ0v) is 15.0. The number of aromatic nitrogens is 2. The highest BCUT2D eigenvalue weighted by Gasteiger charge is 2.23. The van der Waals surface area contributed by atoms with Crippen molar-refractivity contribution in [1.82, 2.24) is 9.55 Å². The summed E-state index contributed by atoms with van der Waals surface area (Å²) in [4.78, 5) is 4.10. The third-order valence-electron chi connectivity index (χ3n) is 4.14. The van der Waals surface area contributed by atoms with Crippen LogP contribution >= 0.6 is 23.2 Å². The molecule has 26 heavy (non-hydrogen) atoms. The molecule has 1 atom stereocenters. The van der Waals surface area contributed by atoms with Gasteiger partial charge in [-0.15, -0.1) is 0 Å². The van der Waals surface area contributed by atoms with Gasteiger partial charge in [0.05, 0.1) is 22.7 Å².